The van der Waals surface area contributed by atoms with E-state index in [9.17, 15) is 0 Å². The summed E-state index contributed by atoms with van der Waals surface area (Å²) < 4.78 is 7.46. The largest absolute Gasteiger partial charge is 0.385 e. The first-order valence-corrected chi connectivity index (χ1v) is 8.83. The van der Waals surface area contributed by atoms with E-state index in [0.29, 0.717) is 11.5 Å². The molecule has 1 N–H and O–H groups in total. The predicted molar refractivity (Wildman–Crippen MR) is 86.9 cm³/mol. The Labute approximate surface area is 133 Å². The highest BCUT2D eigenvalue weighted by Crippen LogP contribution is 2.39. The molecular formula is C17H30N4O. The lowest BCUT2D eigenvalue weighted by Crippen LogP contribution is -2.45. The van der Waals surface area contributed by atoms with Crippen molar-refractivity contribution in [3.8, 4) is 0 Å². The number of ether oxygens (including phenoxy) is 1. The molecule has 1 atom stereocenters. The summed E-state index contributed by atoms with van der Waals surface area (Å²) in [4.78, 5) is 4.50. The van der Waals surface area contributed by atoms with Crippen LogP contribution in [0.2, 0.25) is 0 Å². The highest BCUT2D eigenvalue weighted by molar-refractivity contribution is 4.97. The lowest BCUT2D eigenvalue weighted by Gasteiger charge is -2.39. The Balaban J connectivity index is 1.56. The molecule has 1 aliphatic carbocycles. The molecule has 5 heteroatoms. The van der Waals surface area contributed by atoms with Crippen LogP contribution >= 0.6 is 0 Å². The molecule has 1 fully saturated rings. The van der Waals surface area contributed by atoms with E-state index in [2.05, 4.69) is 20.1 Å². The van der Waals surface area contributed by atoms with E-state index >= 15 is 0 Å². The molecule has 1 aromatic heterocycles. The van der Waals surface area contributed by atoms with Gasteiger partial charge in [0.15, 0.2) is 0 Å². The lowest BCUT2D eigenvalue weighted by molar-refractivity contribution is 0.0963. The van der Waals surface area contributed by atoms with Gasteiger partial charge >= 0.3 is 0 Å². The smallest absolute Gasteiger partial charge is 0.147 e. The SMILES string of the molecule is COCCC1(CN[C@H]2CCc3nc(C)nn3C2)CCCCC1. The van der Waals surface area contributed by atoms with Gasteiger partial charge in [0.2, 0.25) is 0 Å². The molecule has 0 unspecified atom stereocenters. The van der Waals surface area contributed by atoms with Crippen molar-refractivity contribution in [3.63, 3.8) is 0 Å². The van der Waals surface area contributed by atoms with E-state index in [1.807, 2.05) is 14.0 Å². The number of rotatable bonds is 6. The zero-order chi connectivity index (χ0) is 15.4. The van der Waals surface area contributed by atoms with Gasteiger partial charge in [-0.15, -0.1) is 0 Å². The Morgan fingerprint density at radius 2 is 2.14 bits per heavy atom. The average Bonchev–Trinajstić information content (AvgIpc) is 2.91. The molecule has 0 saturated heterocycles. The zero-order valence-corrected chi connectivity index (χ0v) is 14.1. The molecule has 0 aromatic carbocycles. The van der Waals surface area contributed by atoms with E-state index in [1.54, 1.807) is 0 Å². The summed E-state index contributed by atoms with van der Waals surface area (Å²) in [5, 5.41) is 8.36. The fraction of sp³-hybridized carbons (Fsp3) is 0.882. The van der Waals surface area contributed by atoms with Crippen molar-refractivity contribution < 1.29 is 4.74 Å². The van der Waals surface area contributed by atoms with Gasteiger partial charge in [0.25, 0.3) is 0 Å². The van der Waals surface area contributed by atoms with Gasteiger partial charge in [-0.25, -0.2) is 9.67 Å². The molecule has 0 radical (unpaired) electrons. The van der Waals surface area contributed by atoms with Gasteiger partial charge < -0.3 is 10.1 Å². The second-order valence-electron chi connectivity index (χ2n) is 7.18. The molecule has 124 valence electrons. The fourth-order valence-corrected chi connectivity index (χ4v) is 4.10. The van der Waals surface area contributed by atoms with Crippen molar-refractivity contribution in [1.82, 2.24) is 20.1 Å². The number of aromatic nitrogens is 3. The maximum absolute atomic E-state index is 5.36. The van der Waals surface area contributed by atoms with Crippen LogP contribution in [-0.2, 0) is 17.7 Å². The maximum atomic E-state index is 5.36. The minimum atomic E-state index is 0.451. The van der Waals surface area contributed by atoms with Crippen molar-refractivity contribution in [2.24, 2.45) is 5.41 Å². The van der Waals surface area contributed by atoms with E-state index in [0.717, 1.165) is 37.8 Å². The molecule has 2 aliphatic rings. The lowest BCUT2D eigenvalue weighted by atomic mass is 9.71. The second kappa shape index (κ2) is 7.09. The normalized spacial score (nSPS) is 24.2. The van der Waals surface area contributed by atoms with Crippen LogP contribution in [0.4, 0.5) is 0 Å². The second-order valence-corrected chi connectivity index (χ2v) is 7.18. The molecule has 3 rings (SSSR count). The third-order valence-corrected chi connectivity index (χ3v) is 5.48. The van der Waals surface area contributed by atoms with Crippen LogP contribution in [0.5, 0.6) is 0 Å². The molecule has 5 nitrogen and oxygen atoms in total. The zero-order valence-electron chi connectivity index (χ0n) is 14.1. The minimum absolute atomic E-state index is 0.451. The Morgan fingerprint density at radius 3 is 2.91 bits per heavy atom. The number of nitrogens with one attached hydrogen (secondary N) is 1. The van der Waals surface area contributed by atoms with E-state index in [1.165, 1.54) is 44.9 Å². The first-order valence-electron chi connectivity index (χ1n) is 8.83. The predicted octanol–water partition coefficient (Wildman–Crippen LogP) is 2.48. The van der Waals surface area contributed by atoms with Gasteiger partial charge in [0.05, 0.1) is 6.54 Å². The summed E-state index contributed by atoms with van der Waals surface area (Å²) >= 11 is 0. The summed E-state index contributed by atoms with van der Waals surface area (Å²) in [6.45, 7) is 4.97. The molecule has 0 bridgehead atoms. The number of methoxy groups -OCH3 is 1. The third-order valence-electron chi connectivity index (χ3n) is 5.48. The Kier molecular flexibility index (Phi) is 5.14. The highest BCUT2D eigenvalue weighted by atomic mass is 16.5. The first kappa shape index (κ1) is 15.9. The summed E-state index contributed by atoms with van der Waals surface area (Å²) in [6, 6.07) is 0.537. The van der Waals surface area contributed by atoms with Crippen LogP contribution < -0.4 is 5.32 Å². The monoisotopic (exact) mass is 306 g/mol. The molecule has 1 saturated carbocycles. The topological polar surface area (TPSA) is 52.0 Å². The molecule has 1 aliphatic heterocycles. The summed E-state index contributed by atoms with van der Waals surface area (Å²) in [6.07, 6.45) is 10.3. The van der Waals surface area contributed by atoms with Crippen molar-refractivity contribution in [3.05, 3.63) is 11.6 Å². The van der Waals surface area contributed by atoms with Crippen LogP contribution in [0.25, 0.3) is 0 Å². The van der Waals surface area contributed by atoms with Crippen molar-refractivity contribution in [2.45, 2.75) is 70.9 Å². The van der Waals surface area contributed by atoms with Crippen LogP contribution in [0.15, 0.2) is 0 Å². The van der Waals surface area contributed by atoms with Crippen molar-refractivity contribution >= 4 is 0 Å². The maximum Gasteiger partial charge on any atom is 0.147 e. The minimum Gasteiger partial charge on any atom is -0.385 e. The third kappa shape index (κ3) is 3.69. The number of nitrogens with zero attached hydrogens (tertiary/aromatic N) is 3. The van der Waals surface area contributed by atoms with Crippen LogP contribution in [0.3, 0.4) is 0 Å². The fourth-order valence-electron chi connectivity index (χ4n) is 4.10. The molecular weight excluding hydrogens is 276 g/mol. The van der Waals surface area contributed by atoms with E-state index in [4.69, 9.17) is 4.74 Å². The summed E-state index contributed by atoms with van der Waals surface area (Å²) in [7, 11) is 1.82. The van der Waals surface area contributed by atoms with Crippen LogP contribution in [0.1, 0.15) is 56.6 Å². The van der Waals surface area contributed by atoms with Gasteiger partial charge in [-0.05, 0) is 38.0 Å². The quantitative estimate of drug-likeness (QED) is 0.877. The van der Waals surface area contributed by atoms with E-state index < -0.39 is 0 Å². The molecule has 1 aromatic rings. The first-order chi connectivity index (χ1) is 10.7. The van der Waals surface area contributed by atoms with Crippen molar-refractivity contribution in [1.29, 1.82) is 0 Å². The van der Waals surface area contributed by atoms with Gasteiger partial charge in [0.1, 0.15) is 11.6 Å². The summed E-state index contributed by atoms with van der Waals surface area (Å²) in [5.74, 6) is 2.06. The van der Waals surface area contributed by atoms with Crippen molar-refractivity contribution in [2.75, 3.05) is 20.3 Å². The van der Waals surface area contributed by atoms with Crippen LogP contribution in [-0.4, -0.2) is 41.1 Å². The summed E-state index contributed by atoms with van der Waals surface area (Å²) in [5.41, 5.74) is 0.451. The molecule has 0 amide bonds. The van der Waals surface area contributed by atoms with Gasteiger partial charge in [0, 0.05) is 32.7 Å². The Bertz CT molecular complexity index is 479. The number of hydrogen-bond donors (Lipinski definition) is 1. The van der Waals surface area contributed by atoms with E-state index in [-0.39, 0.29) is 0 Å². The number of fused-ring (bicyclic) bond motifs is 1. The Hall–Kier alpha value is -0.940. The van der Waals surface area contributed by atoms with Gasteiger partial charge in [-0.2, -0.15) is 5.10 Å². The standard InChI is InChI=1S/C17H30N4O/c1-14-19-16-7-6-15(12-21(16)20-14)18-13-17(10-11-22-2)8-4-3-5-9-17/h15,18H,3-13H2,1-2H3/t15-/m0/s1. The van der Waals surface area contributed by atoms with Gasteiger partial charge in [-0.1, -0.05) is 19.3 Å². The van der Waals surface area contributed by atoms with Gasteiger partial charge in [-0.3, -0.25) is 0 Å². The number of aryl methyl sites for hydroxylation is 2. The Morgan fingerprint density at radius 1 is 1.32 bits per heavy atom. The number of hydrogen-bond acceptors (Lipinski definition) is 4. The van der Waals surface area contributed by atoms with Crippen LogP contribution in [0, 0.1) is 12.3 Å². The average molecular weight is 306 g/mol. The molecule has 0 spiro atoms. The molecule has 22 heavy (non-hydrogen) atoms. The molecule has 2 heterocycles. The highest BCUT2D eigenvalue weighted by Gasteiger charge is 2.32.